The van der Waals surface area contributed by atoms with E-state index in [2.05, 4.69) is 4.90 Å². The summed E-state index contributed by atoms with van der Waals surface area (Å²) in [7, 11) is 0. The Morgan fingerprint density at radius 1 is 1.33 bits per heavy atom. The van der Waals surface area contributed by atoms with Gasteiger partial charge in [-0.25, -0.2) is 0 Å². The molecule has 0 aromatic heterocycles. The van der Waals surface area contributed by atoms with Crippen LogP contribution in [0, 0.1) is 0 Å². The number of carbonyl (C=O) groups excluding carboxylic acids is 2. The van der Waals surface area contributed by atoms with Crippen LogP contribution in [0.25, 0.3) is 0 Å². The molecule has 1 fully saturated rings. The molecule has 0 radical (unpaired) electrons. The van der Waals surface area contributed by atoms with E-state index in [1.165, 1.54) is 31.0 Å². The van der Waals surface area contributed by atoms with Crippen molar-refractivity contribution in [3.8, 4) is 0 Å². The maximum Gasteiger partial charge on any atom is 0.303 e. The molecular formula is C14H21NO3. The summed E-state index contributed by atoms with van der Waals surface area (Å²) in [6.45, 7) is 3.62. The molecule has 4 heteroatoms. The van der Waals surface area contributed by atoms with Gasteiger partial charge in [0.2, 0.25) is 0 Å². The lowest BCUT2D eigenvalue weighted by Gasteiger charge is -2.22. The van der Waals surface area contributed by atoms with Crippen molar-refractivity contribution in [1.29, 1.82) is 0 Å². The minimum absolute atomic E-state index is 0.381. The van der Waals surface area contributed by atoms with Gasteiger partial charge in [0.1, 0.15) is 0 Å². The molecule has 0 bridgehead atoms. The number of hydrogen-bond donors (Lipinski definition) is 0. The Balaban J connectivity index is 2.02. The lowest BCUT2D eigenvalue weighted by Crippen LogP contribution is -2.22. The summed E-state index contributed by atoms with van der Waals surface area (Å²) in [5.74, 6) is -0.381. The second-order valence-corrected chi connectivity index (χ2v) is 5.09. The first-order valence-corrected chi connectivity index (χ1v) is 6.79. The number of ether oxygens (including phenoxy) is 1. The topological polar surface area (TPSA) is 46.6 Å². The van der Waals surface area contributed by atoms with Gasteiger partial charge < -0.3 is 9.64 Å². The molecule has 0 aromatic rings. The highest BCUT2D eigenvalue weighted by atomic mass is 16.5. The molecule has 100 valence electrons. The third-order valence-corrected chi connectivity index (χ3v) is 3.70. The summed E-state index contributed by atoms with van der Waals surface area (Å²) < 4.78 is 5.01. The molecule has 18 heavy (non-hydrogen) atoms. The van der Waals surface area contributed by atoms with E-state index in [1.54, 1.807) is 0 Å². The summed E-state index contributed by atoms with van der Waals surface area (Å²) in [6, 6.07) is 0. The average Bonchev–Trinajstić information content (AvgIpc) is 2.96. The molecule has 1 aliphatic carbocycles. The van der Waals surface area contributed by atoms with Gasteiger partial charge in [-0.15, -0.1) is 0 Å². The van der Waals surface area contributed by atoms with E-state index in [9.17, 15) is 9.59 Å². The summed E-state index contributed by atoms with van der Waals surface area (Å²) in [5, 5.41) is 0. The second kappa shape index (κ2) is 6.03. The number of likely N-dealkylation sites (tertiary alicyclic amines) is 1. The summed E-state index contributed by atoms with van der Waals surface area (Å²) in [4.78, 5) is 24.3. The molecule has 0 spiro atoms. The Labute approximate surface area is 108 Å². The Morgan fingerprint density at radius 3 is 2.67 bits per heavy atom. The van der Waals surface area contributed by atoms with E-state index in [4.69, 9.17) is 4.74 Å². The average molecular weight is 251 g/mol. The van der Waals surface area contributed by atoms with Crippen LogP contribution in [-0.2, 0) is 14.3 Å². The lowest BCUT2D eigenvalue weighted by molar-refractivity contribution is -0.149. The predicted octanol–water partition coefficient (Wildman–Crippen LogP) is 2.04. The zero-order valence-electron chi connectivity index (χ0n) is 11.0. The third kappa shape index (κ3) is 3.12. The fourth-order valence-corrected chi connectivity index (χ4v) is 2.95. The number of allylic oxidation sites excluding steroid dienone is 1. The molecular weight excluding hydrogens is 230 g/mol. The maximum absolute atomic E-state index is 10.9. The summed E-state index contributed by atoms with van der Waals surface area (Å²) in [6.07, 6.45) is 6.55. The fraction of sp³-hybridized carbons (Fsp3) is 0.714. The molecule has 2 aliphatic rings. The Kier molecular flexibility index (Phi) is 4.39. The van der Waals surface area contributed by atoms with Crippen LogP contribution in [0.15, 0.2) is 11.3 Å². The van der Waals surface area contributed by atoms with Gasteiger partial charge in [-0.05, 0) is 37.7 Å². The van der Waals surface area contributed by atoms with E-state index >= 15 is 0 Å². The number of rotatable bonds is 5. The van der Waals surface area contributed by atoms with Gasteiger partial charge in [0.25, 0.3) is 0 Å². The van der Waals surface area contributed by atoms with Crippen molar-refractivity contribution in [1.82, 2.24) is 4.90 Å². The van der Waals surface area contributed by atoms with E-state index in [0.717, 1.165) is 38.6 Å². The fourth-order valence-electron chi connectivity index (χ4n) is 2.95. The van der Waals surface area contributed by atoms with Crippen LogP contribution < -0.4 is 0 Å². The van der Waals surface area contributed by atoms with Crippen LogP contribution in [0.3, 0.4) is 0 Å². The molecule has 1 heterocycles. The summed E-state index contributed by atoms with van der Waals surface area (Å²) >= 11 is 0. The quantitative estimate of drug-likeness (QED) is 0.554. The van der Waals surface area contributed by atoms with Crippen LogP contribution in [-0.4, -0.2) is 36.3 Å². The number of aldehydes is 1. The van der Waals surface area contributed by atoms with Crippen LogP contribution in [0.2, 0.25) is 0 Å². The highest BCUT2D eigenvalue weighted by Gasteiger charge is 2.25. The van der Waals surface area contributed by atoms with Gasteiger partial charge in [0, 0.05) is 32.1 Å². The number of nitrogens with zero attached hydrogens (tertiary/aromatic N) is 1. The molecule has 2 rings (SSSR count). The van der Waals surface area contributed by atoms with Crippen molar-refractivity contribution >= 4 is 12.3 Å². The van der Waals surface area contributed by atoms with Crippen molar-refractivity contribution in [2.75, 3.05) is 13.1 Å². The molecule has 4 nitrogen and oxygen atoms in total. The normalized spacial score (nSPS) is 21.3. The monoisotopic (exact) mass is 251 g/mol. The van der Waals surface area contributed by atoms with Gasteiger partial charge in [-0.2, -0.15) is 0 Å². The van der Waals surface area contributed by atoms with Crippen LogP contribution in [0.5, 0.6) is 0 Å². The van der Waals surface area contributed by atoms with Crippen LogP contribution in [0.4, 0.5) is 0 Å². The lowest BCUT2D eigenvalue weighted by atomic mass is 10.1. The first-order valence-electron chi connectivity index (χ1n) is 6.79. The first-order chi connectivity index (χ1) is 8.70. The van der Waals surface area contributed by atoms with Gasteiger partial charge in [0.05, 0.1) is 0 Å². The molecule has 0 N–H and O–H groups in total. The Bertz CT molecular complexity index is 356. The SMILES string of the molecule is CC(=O)OC(C=O)CC1=C(N2CCCC2)CCC1. The van der Waals surface area contributed by atoms with Gasteiger partial charge in [0.15, 0.2) is 12.4 Å². The number of carbonyl (C=O) groups is 2. The standard InChI is InChI=1S/C14H21NO3/c1-11(17)18-13(10-16)9-12-5-4-6-14(12)15-7-2-3-8-15/h10,13H,2-9H2,1H3. The van der Waals surface area contributed by atoms with Gasteiger partial charge in [-0.3, -0.25) is 9.59 Å². The molecule has 0 aromatic carbocycles. The molecule has 0 amide bonds. The van der Waals surface area contributed by atoms with Crippen molar-refractivity contribution in [3.05, 3.63) is 11.3 Å². The highest BCUT2D eigenvalue weighted by Crippen LogP contribution is 2.33. The molecule has 1 aliphatic heterocycles. The second-order valence-electron chi connectivity index (χ2n) is 5.09. The molecule has 1 atom stereocenters. The zero-order chi connectivity index (χ0) is 13.0. The number of esters is 1. The Morgan fingerprint density at radius 2 is 2.06 bits per heavy atom. The number of hydrogen-bond acceptors (Lipinski definition) is 4. The largest absolute Gasteiger partial charge is 0.455 e. The van der Waals surface area contributed by atoms with E-state index in [0.29, 0.717) is 6.42 Å². The van der Waals surface area contributed by atoms with E-state index < -0.39 is 6.10 Å². The summed E-state index contributed by atoms with van der Waals surface area (Å²) in [5.41, 5.74) is 2.72. The van der Waals surface area contributed by atoms with Crippen molar-refractivity contribution in [3.63, 3.8) is 0 Å². The van der Waals surface area contributed by atoms with Crippen molar-refractivity contribution < 1.29 is 14.3 Å². The highest BCUT2D eigenvalue weighted by molar-refractivity contribution is 5.70. The maximum atomic E-state index is 10.9. The van der Waals surface area contributed by atoms with Crippen LogP contribution in [0.1, 0.15) is 45.4 Å². The van der Waals surface area contributed by atoms with E-state index in [-0.39, 0.29) is 5.97 Å². The zero-order valence-corrected chi connectivity index (χ0v) is 11.0. The van der Waals surface area contributed by atoms with Gasteiger partial charge in [-0.1, -0.05) is 0 Å². The third-order valence-electron chi connectivity index (χ3n) is 3.70. The van der Waals surface area contributed by atoms with Crippen LogP contribution >= 0.6 is 0 Å². The minimum Gasteiger partial charge on any atom is -0.455 e. The van der Waals surface area contributed by atoms with Gasteiger partial charge >= 0.3 is 5.97 Å². The smallest absolute Gasteiger partial charge is 0.303 e. The van der Waals surface area contributed by atoms with Crippen molar-refractivity contribution in [2.45, 2.75) is 51.6 Å². The molecule has 1 unspecified atom stereocenters. The van der Waals surface area contributed by atoms with Crippen molar-refractivity contribution in [2.24, 2.45) is 0 Å². The molecule has 1 saturated heterocycles. The molecule has 0 saturated carbocycles. The minimum atomic E-state index is -0.604. The first kappa shape index (κ1) is 13.1. The van der Waals surface area contributed by atoms with E-state index in [1.807, 2.05) is 0 Å². The Hall–Kier alpha value is -1.32. The predicted molar refractivity (Wildman–Crippen MR) is 67.9 cm³/mol.